The van der Waals surface area contributed by atoms with Crippen LogP contribution < -0.4 is 11.1 Å². The molecule has 0 spiro atoms. The molecule has 1 aromatic heterocycles. The van der Waals surface area contributed by atoms with Gasteiger partial charge in [0.05, 0.1) is 0 Å². The molecule has 25 heavy (non-hydrogen) atoms. The number of hydrogen-bond acceptors (Lipinski definition) is 3. The Kier molecular flexibility index (Phi) is 4.72. The number of nitrogens with one attached hydrogen (secondary N) is 1. The van der Waals surface area contributed by atoms with Gasteiger partial charge in [0.1, 0.15) is 11.6 Å². The largest absolute Gasteiger partial charge is 0.383 e. The Bertz CT molecular complexity index is 936. The van der Waals surface area contributed by atoms with Gasteiger partial charge in [-0.2, -0.15) is 0 Å². The zero-order valence-electron chi connectivity index (χ0n) is 14.0. The van der Waals surface area contributed by atoms with Crippen molar-refractivity contribution in [2.24, 2.45) is 0 Å². The first-order valence-corrected chi connectivity index (χ1v) is 8.23. The van der Waals surface area contributed by atoms with E-state index in [1.807, 2.05) is 50.2 Å². The molecule has 0 bridgehead atoms. The quantitative estimate of drug-likeness (QED) is 0.708. The maximum absolute atomic E-state index is 12.3. The van der Waals surface area contributed by atoms with Crippen LogP contribution >= 0.6 is 11.6 Å². The number of carbonyl (C=O) groups excluding carboxylic acids is 1. The van der Waals surface area contributed by atoms with Gasteiger partial charge in [-0.25, -0.2) is 4.98 Å². The number of rotatable bonds is 3. The van der Waals surface area contributed by atoms with Gasteiger partial charge in [-0.3, -0.25) is 4.79 Å². The fourth-order valence-electron chi connectivity index (χ4n) is 2.55. The Labute approximate surface area is 151 Å². The minimum atomic E-state index is -0.224. The fourth-order valence-corrected chi connectivity index (χ4v) is 2.72. The second-order valence-corrected chi connectivity index (χ2v) is 6.35. The number of benzene rings is 2. The van der Waals surface area contributed by atoms with Gasteiger partial charge in [0.25, 0.3) is 5.91 Å². The summed E-state index contributed by atoms with van der Waals surface area (Å²) in [5.74, 6) is 0.525. The summed E-state index contributed by atoms with van der Waals surface area (Å²) < 4.78 is 0. The Hall–Kier alpha value is -2.85. The number of halogens is 1. The maximum atomic E-state index is 12.3. The number of carbonyl (C=O) groups is 1. The predicted octanol–water partition coefficient (Wildman–Crippen LogP) is 4.85. The van der Waals surface area contributed by atoms with Crippen LogP contribution in [0.3, 0.4) is 0 Å². The van der Waals surface area contributed by atoms with E-state index >= 15 is 0 Å². The topological polar surface area (TPSA) is 68.0 Å². The van der Waals surface area contributed by atoms with Gasteiger partial charge in [0.15, 0.2) is 0 Å². The molecular weight excluding hydrogens is 334 g/mol. The summed E-state index contributed by atoms with van der Waals surface area (Å²) in [6.07, 6.45) is 0. The maximum Gasteiger partial charge on any atom is 0.256 e. The molecule has 0 unspecified atom stereocenters. The fraction of sp³-hybridized carbons (Fsp3) is 0.100. The molecule has 0 aliphatic rings. The monoisotopic (exact) mass is 351 g/mol. The van der Waals surface area contributed by atoms with Gasteiger partial charge >= 0.3 is 0 Å². The molecule has 4 nitrogen and oxygen atoms in total. The van der Waals surface area contributed by atoms with Crippen molar-refractivity contribution >= 4 is 29.1 Å². The molecule has 0 saturated heterocycles. The highest BCUT2D eigenvalue weighted by molar-refractivity contribution is 6.30. The lowest BCUT2D eigenvalue weighted by molar-refractivity contribution is 0.102. The van der Waals surface area contributed by atoms with Crippen molar-refractivity contribution in [3.05, 3.63) is 76.3 Å². The molecule has 2 aromatic carbocycles. The zero-order chi connectivity index (χ0) is 18.0. The molecule has 0 atom stereocenters. The smallest absolute Gasteiger partial charge is 0.256 e. The first kappa shape index (κ1) is 17.0. The van der Waals surface area contributed by atoms with Crippen LogP contribution in [0.2, 0.25) is 5.02 Å². The number of anilines is 2. The van der Waals surface area contributed by atoms with Gasteiger partial charge in [-0.1, -0.05) is 35.4 Å². The number of amides is 1. The number of pyridine rings is 1. The third-order valence-electron chi connectivity index (χ3n) is 3.97. The summed E-state index contributed by atoms with van der Waals surface area (Å²) in [6, 6.07) is 16.5. The lowest BCUT2D eigenvalue weighted by atomic mass is 10.0. The van der Waals surface area contributed by atoms with Crippen LogP contribution in [0.4, 0.5) is 11.6 Å². The summed E-state index contributed by atoms with van der Waals surface area (Å²) in [6.45, 7) is 3.96. The number of nitrogens with zero attached hydrogens (tertiary/aromatic N) is 1. The molecule has 0 saturated carbocycles. The third-order valence-corrected chi connectivity index (χ3v) is 4.20. The average molecular weight is 352 g/mol. The van der Waals surface area contributed by atoms with Gasteiger partial charge in [0.2, 0.25) is 0 Å². The van der Waals surface area contributed by atoms with E-state index < -0.39 is 0 Å². The normalized spacial score (nSPS) is 10.5. The first-order valence-electron chi connectivity index (χ1n) is 7.85. The lowest BCUT2D eigenvalue weighted by Crippen LogP contribution is -2.13. The number of nitrogen functional groups attached to an aromatic ring is 1. The van der Waals surface area contributed by atoms with Crippen LogP contribution in [0.25, 0.3) is 11.1 Å². The van der Waals surface area contributed by atoms with Crippen molar-refractivity contribution in [1.29, 1.82) is 0 Å². The Morgan fingerprint density at radius 2 is 1.72 bits per heavy atom. The van der Waals surface area contributed by atoms with Crippen molar-refractivity contribution in [2.45, 2.75) is 13.8 Å². The highest BCUT2D eigenvalue weighted by Gasteiger charge is 2.11. The first-order chi connectivity index (χ1) is 11.9. The minimum Gasteiger partial charge on any atom is -0.383 e. The van der Waals surface area contributed by atoms with Crippen LogP contribution in [0.15, 0.2) is 54.6 Å². The van der Waals surface area contributed by atoms with Crippen LogP contribution in [-0.2, 0) is 0 Å². The molecule has 0 fully saturated rings. The van der Waals surface area contributed by atoms with E-state index in [0.717, 1.165) is 22.3 Å². The van der Waals surface area contributed by atoms with Crippen molar-refractivity contribution in [3.63, 3.8) is 0 Å². The number of aryl methyl sites for hydroxylation is 2. The highest BCUT2D eigenvalue weighted by atomic mass is 35.5. The van der Waals surface area contributed by atoms with E-state index in [9.17, 15) is 4.79 Å². The number of nitrogens with two attached hydrogens (primary N) is 1. The molecule has 3 aromatic rings. The molecule has 0 aliphatic heterocycles. The molecule has 1 amide bonds. The highest BCUT2D eigenvalue weighted by Crippen LogP contribution is 2.30. The molecule has 126 valence electrons. The van der Waals surface area contributed by atoms with Crippen molar-refractivity contribution < 1.29 is 4.79 Å². The molecule has 3 N–H and O–H groups in total. The third kappa shape index (κ3) is 3.80. The van der Waals surface area contributed by atoms with Crippen LogP contribution in [0, 0.1) is 13.8 Å². The Morgan fingerprint density at radius 3 is 2.40 bits per heavy atom. The van der Waals surface area contributed by atoms with Crippen LogP contribution in [0.5, 0.6) is 0 Å². The van der Waals surface area contributed by atoms with E-state index in [1.54, 1.807) is 18.2 Å². The molecule has 0 aliphatic carbocycles. The predicted molar refractivity (Wildman–Crippen MR) is 103 cm³/mol. The minimum absolute atomic E-state index is 0.224. The van der Waals surface area contributed by atoms with E-state index in [4.69, 9.17) is 17.3 Å². The van der Waals surface area contributed by atoms with Gasteiger partial charge in [0, 0.05) is 16.1 Å². The summed E-state index contributed by atoms with van der Waals surface area (Å²) in [7, 11) is 0. The summed E-state index contributed by atoms with van der Waals surface area (Å²) in [5.41, 5.74) is 10.5. The Morgan fingerprint density at radius 1 is 1.00 bits per heavy atom. The van der Waals surface area contributed by atoms with E-state index in [2.05, 4.69) is 10.3 Å². The lowest BCUT2D eigenvalue weighted by Gasteiger charge is -2.11. The summed E-state index contributed by atoms with van der Waals surface area (Å²) >= 11 is 6.08. The molecule has 5 heteroatoms. The van der Waals surface area contributed by atoms with Crippen molar-refractivity contribution in [1.82, 2.24) is 4.98 Å². The van der Waals surface area contributed by atoms with Gasteiger partial charge in [-0.15, -0.1) is 0 Å². The van der Waals surface area contributed by atoms with E-state index in [-0.39, 0.29) is 5.91 Å². The standard InChI is InChI=1S/C20H18ClN3O/c1-12-3-6-14(7-4-12)20(25)24-18-10-9-16(19(22)23-18)17-11-15(21)8-5-13(17)2/h3-11H,1-2H3,(H3,22,23,24,25). The second kappa shape index (κ2) is 6.95. The Balaban J connectivity index is 1.86. The van der Waals surface area contributed by atoms with E-state index in [1.165, 1.54) is 0 Å². The van der Waals surface area contributed by atoms with E-state index in [0.29, 0.717) is 22.2 Å². The van der Waals surface area contributed by atoms with Crippen molar-refractivity contribution in [3.8, 4) is 11.1 Å². The van der Waals surface area contributed by atoms with Gasteiger partial charge < -0.3 is 11.1 Å². The molecule has 0 radical (unpaired) electrons. The molecular formula is C20H18ClN3O. The summed E-state index contributed by atoms with van der Waals surface area (Å²) in [5, 5.41) is 3.40. The van der Waals surface area contributed by atoms with Gasteiger partial charge in [-0.05, 0) is 61.4 Å². The number of hydrogen-bond donors (Lipinski definition) is 2. The van der Waals surface area contributed by atoms with Crippen molar-refractivity contribution in [2.75, 3.05) is 11.1 Å². The molecule has 3 rings (SSSR count). The second-order valence-electron chi connectivity index (χ2n) is 5.91. The number of aromatic nitrogens is 1. The van der Waals surface area contributed by atoms with Crippen LogP contribution in [-0.4, -0.2) is 10.9 Å². The summed E-state index contributed by atoms with van der Waals surface area (Å²) in [4.78, 5) is 16.6. The zero-order valence-corrected chi connectivity index (χ0v) is 14.8. The SMILES string of the molecule is Cc1ccc(C(=O)Nc2ccc(-c3cc(Cl)ccc3C)c(N)n2)cc1. The average Bonchev–Trinajstić information content (AvgIpc) is 2.58. The molecule has 1 heterocycles. The van der Waals surface area contributed by atoms with Crippen LogP contribution in [0.1, 0.15) is 21.5 Å².